The Kier molecular flexibility index (Phi) is 14.5. The molecule has 35 heavy (non-hydrogen) atoms. The van der Waals surface area contributed by atoms with Gasteiger partial charge in [-0.25, -0.2) is 0 Å². The zero-order valence-corrected chi connectivity index (χ0v) is 23.0. The van der Waals surface area contributed by atoms with Crippen LogP contribution in [0.4, 0.5) is 0 Å². The van der Waals surface area contributed by atoms with Gasteiger partial charge >= 0.3 is 11.9 Å². The largest absolute Gasteiger partial charge is 0.466 e. The Morgan fingerprint density at radius 3 is 1.66 bits per heavy atom. The van der Waals surface area contributed by atoms with Crippen molar-refractivity contribution in [2.24, 2.45) is 35.5 Å². The Morgan fingerprint density at radius 1 is 0.829 bits per heavy atom. The summed E-state index contributed by atoms with van der Waals surface area (Å²) in [7, 11) is -3.37. The molecule has 2 saturated carbocycles. The molecule has 0 bridgehead atoms. The Morgan fingerprint density at radius 2 is 1.29 bits per heavy atom. The lowest BCUT2D eigenvalue weighted by Crippen LogP contribution is -2.21. The number of rotatable bonds is 12. The van der Waals surface area contributed by atoms with E-state index in [2.05, 4.69) is 19.9 Å². The molecule has 8 nitrogen and oxygen atoms in total. The summed E-state index contributed by atoms with van der Waals surface area (Å²) in [5.74, 6) is 1.60. The summed E-state index contributed by atoms with van der Waals surface area (Å²) < 4.78 is 36.7. The minimum atomic E-state index is -3.37. The van der Waals surface area contributed by atoms with E-state index in [1.165, 1.54) is 0 Å². The van der Waals surface area contributed by atoms with Crippen LogP contribution in [-0.4, -0.2) is 46.4 Å². The predicted octanol–water partition coefficient (Wildman–Crippen LogP) is 4.87. The number of nitriles is 1. The van der Waals surface area contributed by atoms with Crippen molar-refractivity contribution in [2.75, 3.05) is 26.1 Å². The average Bonchev–Trinajstić information content (AvgIpc) is 3.41. The van der Waals surface area contributed by atoms with Crippen molar-refractivity contribution < 1.29 is 31.7 Å². The zero-order valence-electron chi connectivity index (χ0n) is 22.2. The van der Waals surface area contributed by atoms with Crippen LogP contribution in [-0.2, 0) is 33.4 Å². The molecular weight excluding hydrogens is 470 g/mol. The van der Waals surface area contributed by atoms with Gasteiger partial charge in [-0.05, 0) is 76.0 Å². The van der Waals surface area contributed by atoms with E-state index in [0.717, 1.165) is 51.2 Å². The monoisotopic (exact) mass is 515 g/mol. The topological polar surface area (TPSA) is 120 Å². The molecule has 2 aliphatic rings. The third kappa shape index (κ3) is 11.3. The van der Waals surface area contributed by atoms with Crippen molar-refractivity contribution in [3.63, 3.8) is 0 Å². The maximum absolute atomic E-state index is 11.8. The molecule has 0 aromatic heterocycles. The zero-order chi connectivity index (χ0) is 26.4. The van der Waals surface area contributed by atoms with Crippen molar-refractivity contribution in [2.45, 2.75) is 85.5 Å². The molecule has 6 atom stereocenters. The molecule has 202 valence electrons. The van der Waals surface area contributed by atoms with Gasteiger partial charge in [-0.2, -0.15) is 13.7 Å². The normalized spacial score (nSPS) is 28.0. The van der Waals surface area contributed by atoms with Gasteiger partial charge in [0.2, 0.25) is 0 Å². The van der Waals surface area contributed by atoms with Gasteiger partial charge in [0, 0.05) is 6.42 Å². The van der Waals surface area contributed by atoms with Crippen LogP contribution in [0.3, 0.4) is 0 Å². The second kappa shape index (κ2) is 16.2. The molecule has 0 saturated heterocycles. The highest BCUT2D eigenvalue weighted by Gasteiger charge is 2.39. The van der Waals surface area contributed by atoms with Crippen molar-refractivity contribution in [1.29, 1.82) is 5.26 Å². The Bertz CT molecular complexity index is 792. The molecule has 0 radical (unpaired) electrons. The van der Waals surface area contributed by atoms with Crippen LogP contribution in [0.25, 0.3) is 0 Å². The van der Waals surface area contributed by atoms with Crippen LogP contribution in [0.1, 0.15) is 85.5 Å². The first kappa shape index (κ1) is 31.4. The number of hydrogen-bond acceptors (Lipinski definition) is 8. The fourth-order valence-electron chi connectivity index (χ4n) is 5.56. The van der Waals surface area contributed by atoms with Gasteiger partial charge < -0.3 is 9.47 Å². The Balaban J connectivity index is 0.000000355. The lowest BCUT2D eigenvalue weighted by molar-refractivity contribution is -0.150. The first-order chi connectivity index (χ1) is 16.6. The van der Waals surface area contributed by atoms with Gasteiger partial charge in [0.1, 0.15) is 0 Å². The van der Waals surface area contributed by atoms with Gasteiger partial charge in [0.25, 0.3) is 10.1 Å². The van der Waals surface area contributed by atoms with Crippen LogP contribution in [0.15, 0.2) is 0 Å². The Hall–Kier alpha value is -1.66. The maximum atomic E-state index is 11.8. The fraction of sp³-hybridized carbons (Fsp3) is 0.885. The number of carbonyl (C=O) groups excluding carboxylic acids is 2. The third-order valence-corrected chi connectivity index (χ3v) is 7.89. The highest BCUT2D eigenvalue weighted by atomic mass is 32.2. The molecule has 0 aromatic rings. The number of hydrogen-bond donors (Lipinski definition) is 0. The van der Waals surface area contributed by atoms with Gasteiger partial charge in [0.05, 0.1) is 44.0 Å². The van der Waals surface area contributed by atoms with Crippen molar-refractivity contribution >= 4 is 22.1 Å². The smallest absolute Gasteiger partial charge is 0.309 e. The van der Waals surface area contributed by atoms with E-state index in [-0.39, 0.29) is 30.4 Å². The van der Waals surface area contributed by atoms with E-state index >= 15 is 0 Å². The van der Waals surface area contributed by atoms with Crippen LogP contribution in [0.2, 0.25) is 0 Å². The molecule has 9 heteroatoms. The molecule has 0 amide bonds. The molecule has 0 aromatic carbocycles. The lowest BCUT2D eigenvalue weighted by atomic mass is 9.94. The van der Waals surface area contributed by atoms with Gasteiger partial charge in [-0.15, -0.1) is 0 Å². The van der Waals surface area contributed by atoms with E-state index in [1.807, 2.05) is 13.8 Å². The molecule has 2 fully saturated rings. The van der Waals surface area contributed by atoms with E-state index in [1.54, 1.807) is 0 Å². The average molecular weight is 516 g/mol. The molecule has 2 aliphatic carbocycles. The predicted molar refractivity (Wildman–Crippen MR) is 134 cm³/mol. The van der Waals surface area contributed by atoms with Crippen LogP contribution in [0, 0.1) is 46.8 Å². The maximum Gasteiger partial charge on any atom is 0.309 e. The number of carbonyl (C=O) groups is 2. The number of nitrogens with zero attached hydrogens (tertiary/aromatic N) is 1. The molecule has 0 N–H and O–H groups in total. The van der Waals surface area contributed by atoms with Crippen LogP contribution in [0.5, 0.6) is 0 Å². The molecule has 2 rings (SSSR count). The summed E-state index contributed by atoms with van der Waals surface area (Å²) in [6.45, 7) is 8.94. The van der Waals surface area contributed by atoms with Gasteiger partial charge in [0.15, 0.2) is 0 Å². The molecule has 0 heterocycles. The van der Waals surface area contributed by atoms with Crippen molar-refractivity contribution in [1.82, 2.24) is 0 Å². The van der Waals surface area contributed by atoms with Crippen molar-refractivity contribution in [3.05, 3.63) is 0 Å². The van der Waals surface area contributed by atoms with Crippen molar-refractivity contribution in [3.8, 4) is 6.07 Å². The lowest BCUT2D eigenvalue weighted by Gasteiger charge is -2.15. The second-order valence-electron chi connectivity index (χ2n) is 9.74. The first-order valence-electron chi connectivity index (χ1n) is 13.1. The minimum Gasteiger partial charge on any atom is -0.466 e. The Labute approximate surface area is 212 Å². The summed E-state index contributed by atoms with van der Waals surface area (Å²) in [4.78, 5) is 23.6. The second-order valence-corrected chi connectivity index (χ2v) is 11.4. The fourth-order valence-corrected chi connectivity index (χ4v) is 5.96. The van der Waals surface area contributed by atoms with E-state index in [4.69, 9.17) is 18.9 Å². The highest BCUT2D eigenvalue weighted by Crippen LogP contribution is 2.41. The summed E-state index contributed by atoms with van der Waals surface area (Å²) >= 11 is 0. The number of ether oxygens (including phenoxy) is 2. The highest BCUT2D eigenvalue weighted by molar-refractivity contribution is 7.85. The van der Waals surface area contributed by atoms with E-state index in [0.29, 0.717) is 49.7 Å². The van der Waals surface area contributed by atoms with Gasteiger partial charge in [-0.3, -0.25) is 13.8 Å². The first-order valence-corrected chi connectivity index (χ1v) is 15.0. The summed E-state index contributed by atoms with van der Waals surface area (Å²) in [6.07, 6.45) is 8.99. The SMILES string of the molecule is CCOC(=O)C1CC(CCC#N)CC1CC.CCOC(=O)C1CC(CCOS(C)(=O)=O)CC1CC. The molecular formula is C26H45NO7S. The quantitative estimate of drug-likeness (QED) is 0.267. The summed E-state index contributed by atoms with van der Waals surface area (Å²) in [5.41, 5.74) is 0. The van der Waals surface area contributed by atoms with E-state index in [9.17, 15) is 18.0 Å². The standard InChI is InChI=1S/C13H21NO2.C13H24O5S/c1-3-11-8-10(6-5-7-14)9-12(11)13(15)16-4-2;1-4-11-8-10(6-7-18-19(3,15)16)9-12(11)13(14)17-5-2/h10-12H,3-6,8-9H2,1-2H3;10-12H,4-9H2,1-3H3. The van der Waals surface area contributed by atoms with E-state index < -0.39 is 10.1 Å². The molecule has 0 spiro atoms. The minimum absolute atomic E-state index is 0.0335. The van der Waals surface area contributed by atoms with Gasteiger partial charge in [-0.1, -0.05) is 26.7 Å². The summed E-state index contributed by atoms with van der Waals surface area (Å²) in [6, 6.07) is 2.18. The third-order valence-electron chi connectivity index (χ3n) is 7.30. The van der Waals surface area contributed by atoms with Crippen LogP contribution < -0.4 is 0 Å². The van der Waals surface area contributed by atoms with Crippen LogP contribution >= 0.6 is 0 Å². The molecule has 0 aliphatic heterocycles. The summed E-state index contributed by atoms with van der Waals surface area (Å²) in [5, 5.41) is 8.57. The molecule has 6 unspecified atom stereocenters. The number of esters is 2.